The average Bonchev–Trinajstić information content (AvgIpc) is 2.64. The Morgan fingerprint density at radius 2 is 2.08 bits per heavy atom. The predicted octanol–water partition coefficient (Wildman–Crippen LogP) is 5.03. The minimum Gasteiger partial charge on any atom is -0.326 e. The maximum absolute atomic E-state index is 12.2. The Morgan fingerprint density at radius 1 is 1.27 bits per heavy atom. The highest BCUT2D eigenvalue weighted by Gasteiger charge is 2.10. The number of nitrogens with one attached hydrogen (secondary N) is 1. The molecule has 4 nitrogen and oxygen atoms in total. The molecule has 0 radical (unpaired) electrons. The number of hydrogen-bond acceptors (Lipinski definition) is 4. The van der Waals surface area contributed by atoms with Crippen molar-refractivity contribution in [1.29, 1.82) is 5.26 Å². The van der Waals surface area contributed by atoms with E-state index < -0.39 is 0 Å². The largest absolute Gasteiger partial charge is 0.326 e. The van der Waals surface area contributed by atoms with Crippen LogP contribution in [0.5, 0.6) is 0 Å². The van der Waals surface area contributed by atoms with E-state index in [1.807, 2.05) is 44.2 Å². The first-order valence-electron chi connectivity index (χ1n) is 8.94. The predicted molar refractivity (Wildman–Crippen MR) is 107 cm³/mol. The van der Waals surface area contributed by atoms with E-state index in [0.717, 1.165) is 46.8 Å². The van der Waals surface area contributed by atoms with Crippen LogP contribution in [0.3, 0.4) is 0 Å². The molecule has 2 aromatic rings. The molecular formula is C21H25N3OS. The van der Waals surface area contributed by atoms with Crippen molar-refractivity contribution in [3.63, 3.8) is 0 Å². The van der Waals surface area contributed by atoms with Crippen molar-refractivity contribution < 1.29 is 4.79 Å². The van der Waals surface area contributed by atoms with Gasteiger partial charge in [-0.2, -0.15) is 5.26 Å². The molecule has 0 saturated heterocycles. The maximum atomic E-state index is 12.2. The van der Waals surface area contributed by atoms with Crippen LogP contribution in [0.4, 0.5) is 5.69 Å². The Morgan fingerprint density at radius 3 is 2.81 bits per heavy atom. The lowest BCUT2D eigenvalue weighted by Gasteiger charge is -2.10. The standard InChI is InChI=1S/C21H25N3OS/c1-4-5-8-18-11-10-17(14-22)21(23-18)26-13-12-20(25)24-19-9-6-7-15(2)16(19)3/h6-7,9-11H,4-5,8,12-13H2,1-3H3,(H,24,25). The molecule has 1 aromatic carbocycles. The van der Waals surface area contributed by atoms with Crippen LogP contribution in [-0.2, 0) is 11.2 Å². The van der Waals surface area contributed by atoms with Crippen molar-refractivity contribution in [2.45, 2.75) is 51.5 Å². The molecule has 5 heteroatoms. The first-order valence-corrected chi connectivity index (χ1v) is 9.92. The van der Waals surface area contributed by atoms with Crippen molar-refractivity contribution in [2.24, 2.45) is 0 Å². The number of amides is 1. The summed E-state index contributed by atoms with van der Waals surface area (Å²) >= 11 is 1.47. The normalized spacial score (nSPS) is 10.4. The van der Waals surface area contributed by atoms with Gasteiger partial charge in [0.05, 0.1) is 5.56 Å². The van der Waals surface area contributed by atoms with Crippen molar-refractivity contribution in [2.75, 3.05) is 11.1 Å². The fourth-order valence-electron chi connectivity index (χ4n) is 2.51. The van der Waals surface area contributed by atoms with Crippen LogP contribution in [-0.4, -0.2) is 16.6 Å². The van der Waals surface area contributed by atoms with E-state index in [4.69, 9.17) is 0 Å². The lowest BCUT2D eigenvalue weighted by molar-refractivity contribution is -0.115. The van der Waals surface area contributed by atoms with Crippen LogP contribution >= 0.6 is 11.8 Å². The number of nitrogens with zero attached hydrogens (tertiary/aromatic N) is 2. The van der Waals surface area contributed by atoms with Crippen molar-refractivity contribution in [1.82, 2.24) is 4.98 Å². The summed E-state index contributed by atoms with van der Waals surface area (Å²) in [5, 5.41) is 13.0. The minimum atomic E-state index is -0.0214. The number of rotatable bonds is 8. The summed E-state index contributed by atoms with van der Waals surface area (Å²) in [4.78, 5) is 16.8. The fourth-order valence-corrected chi connectivity index (χ4v) is 3.44. The molecule has 2 rings (SSSR count). The highest BCUT2D eigenvalue weighted by atomic mass is 32.2. The van der Waals surface area contributed by atoms with Crippen LogP contribution < -0.4 is 5.32 Å². The second kappa shape index (κ2) is 9.98. The van der Waals surface area contributed by atoms with Gasteiger partial charge in [-0.3, -0.25) is 4.79 Å². The lowest BCUT2D eigenvalue weighted by Crippen LogP contribution is -2.13. The van der Waals surface area contributed by atoms with E-state index in [1.54, 1.807) is 0 Å². The van der Waals surface area contributed by atoms with Crippen LogP contribution in [0.1, 0.15) is 48.6 Å². The van der Waals surface area contributed by atoms with Gasteiger partial charge in [0.15, 0.2) is 0 Å². The molecule has 1 N–H and O–H groups in total. The van der Waals surface area contributed by atoms with Gasteiger partial charge in [-0.25, -0.2) is 4.98 Å². The molecule has 0 atom stereocenters. The van der Waals surface area contributed by atoms with E-state index in [9.17, 15) is 10.1 Å². The number of anilines is 1. The molecule has 0 bridgehead atoms. The lowest BCUT2D eigenvalue weighted by atomic mass is 10.1. The third kappa shape index (κ3) is 5.60. The number of hydrogen-bond donors (Lipinski definition) is 1. The zero-order chi connectivity index (χ0) is 18.9. The zero-order valence-electron chi connectivity index (χ0n) is 15.6. The van der Waals surface area contributed by atoms with Gasteiger partial charge in [0.25, 0.3) is 0 Å². The quantitative estimate of drug-likeness (QED) is 0.664. The first-order chi connectivity index (χ1) is 12.5. The number of benzene rings is 1. The Hall–Kier alpha value is -2.32. The van der Waals surface area contributed by atoms with E-state index in [1.165, 1.54) is 11.8 Å². The first kappa shape index (κ1) is 20.0. The average molecular weight is 368 g/mol. The maximum Gasteiger partial charge on any atom is 0.225 e. The molecule has 0 fully saturated rings. The van der Waals surface area contributed by atoms with Gasteiger partial charge >= 0.3 is 0 Å². The monoisotopic (exact) mass is 367 g/mol. The molecule has 1 heterocycles. The summed E-state index contributed by atoms with van der Waals surface area (Å²) in [5.41, 5.74) is 4.69. The van der Waals surface area contributed by atoms with E-state index in [2.05, 4.69) is 23.3 Å². The van der Waals surface area contributed by atoms with E-state index >= 15 is 0 Å². The van der Waals surface area contributed by atoms with Gasteiger partial charge in [-0.1, -0.05) is 25.5 Å². The fraction of sp³-hybridized carbons (Fsp3) is 0.381. The summed E-state index contributed by atoms with van der Waals surface area (Å²) in [5.74, 6) is 0.571. The minimum absolute atomic E-state index is 0.0214. The molecule has 0 spiro atoms. The van der Waals surface area contributed by atoms with Gasteiger partial charge in [0.2, 0.25) is 5.91 Å². The Labute approximate surface area is 160 Å². The molecule has 0 unspecified atom stereocenters. The van der Waals surface area contributed by atoms with E-state index in [0.29, 0.717) is 17.7 Å². The van der Waals surface area contributed by atoms with E-state index in [-0.39, 0.29) is 5.91 Å². The van der Waals surface area contributed by atoms with Crippen LogP contribution in [0.2, 0.25) is 0 Å². The van der Waals surface area contributed by atoms with Gasteiger partial charge in [0, 0.05) is 23.6 Å². The van der Waals surface area contributed by atoms with Crippen LogP contribution in [0.25, 0.3) is 0 Å². The number of aryl methyl sites for hydroxylation is 2. The molecule has 0 aliphatic heterocycles. The topological polar surface area (TPSA) is 65.8 Å². The third-order valence-corrected chi connectivity index (χ3v) is 5.26. The second-order valence-corrected chi connectivity index (χ2v) is 7.35. The number of carbonyl (C=O) groups excluding carboxylic acids is 1. The van der Waals surface area contributed by atoms with Gasteiger partial charge < -0.3 is 5.32 Å². The molecule has 26 heavy (non-hydrogen) atoms. The number of thioether (sulfide) groups is 1. The highest BCUT2D eigenvalue weighted by molar-refractivity contribution is 7.99. The molecular weight excluding hydrogens is 342 g/mol. The number of carbonyl (C=O) groups is 1. The van der Waals surface area contributed by atoms with Crippen molar-refractivity contribution in [3.05, 3.63) is 52.7 Å². The van der Waals surface area contributed by atoms with Crippen molar-refractivity contribution >= 4 is 23.4 Å². The Kier molecular flexibility index (Phi) is 7.68. The molecule has 1 aromatic heterocycles. The van der Waals surface area contributed by atoms with Gasteiger partial charge in [-0.15, -0.1) is 11.8 Å². The summed E-state index contributed by atoms with van der Waals surface area (Å²) in [7, 11) is 0. The number of aromatic nitrogens is 1. The Bertz CT molecular complexity index is 811. The van der Waals surface area contributed by atoms with Crippen LogP contribution in [0, 0.1) is 25.2 Å². The molecule has 0 aliphatic rings. The SMILES string of the molecule is CCCCc1ccc(C#N)c(SCCC(=O)Nc2cccc(C)c2C)n1. The third-order valence-electron chi connectivity index (χ3n) is 4.27. The molecule has 0 saturated carbocycles. The number of unbranched alkanes of at least 4 members (excludes halogenated alkanes) is 1. The smallest absolute Gasteiger partial charge is 0.225 e. The summed E-state index contributed by atoms with van der Waals surface area (Å²) in [6.45, 7) is 6.18. The second-order valence-electron chi connectivity index (χ2n) is 6.26. The summed E-state index contributed by atoms with van der Waals surface area (Å²) in [6, 6.07) is 11.8. The summed E-state index contributed by atoms with van der Waals surface area (Å²) < 4.78 is 0. The van der Waals surface area contributed by atoms with Crippen LogP contribution in [0.15, 0.2) is 35.4 Å². The summed E-state index contributed by atoms with van der Waals surface area (Å²) in [6.07, 6.45) is 3.50. The zero-order valence-corrected chi connectivity index (χ0v) is 16.4. The van der Waals surface area contributed by atoms with Gasteiger partial charge in [0.1, 0.15) is 11.1 Å². The molecule has 0 aliphatic carbocycles. The molecule has 1 amide bonds. The molecule has 136 valence electrons. The highest BCUT2D eigenvalue weighted by Crippen LogP contribution is 2.23. The van der Waals surface area contributed by atoms with Crippen molar-refractivity contribution in [3.8, 4) is 6.07 Å². The number of pyridine rings is 1. The van der Waals surface area contributed by atoms with Gasteiger partial charge in [-0.05, 0) is 56.0 Å². The number of nitriles is 1. The Balaban J connectivity index is 1.93.